The van der Waals surface area contributed by atoms with Gasteiger partial charge in [-0.2, -0.15) is 0 Å². The van der Waals surface area contributed by atoms with Gasteiger partial charge >= 0.3 is 0 Å². The van der Waals surface area contributed by atoms with E-state index in [4.69, 9.17) is 0 Å². The average Bonchev–Trinajstić information content (AvgIpc) is 3.29. The van der Waals surface area contributed by atoms with Gasteiger partial charge in [0.1, 0.15) is 6.04 Å². The van der Waals surface area contributed by atoms with Gasteiger partial charge in [0.05, 0.1) is 0 Å². The van der Waals surface area contributed by atoms with Crippen molar-refractivity contribution in [2.24, 2.45) is 5.92 Å². The molecule has 0 spiro atoms. The third-order valence-electron chi connectivity index (χ3n) is 6.32. The van der Waals surface area contributed by atoms with E-state index in [-0.39, 0.29) is 17.9 Å². The number of halogens is 1. The molecule has 2 aliphatic heterocycles. The van der Waals surface area contributed by atoms with Crippen LogP contribution in [0.4, 0.5) is 0 Å². The van der Waals surface area contributed by atoms with Crippen molar-refractivity contribution in [3.63, 3.8) is 0 Å². The Morgan fingerprint density at radius 1 is 0.968 bits per heavy atom. The number of likely N-dealkylation sites (tertiary alicyclic amines) is 2. The summed E-state index contributed by atoms with van der Waals surface area (Å²) in [6.07, 6.45) is 3.90. The second-order valence-corrected chi connectivity index (χ2v) is 9.55. The lowest BCUT2D eigenvalue weighted by Gasteiger charge is -2.33. The fraction of sp³-hybridized carbons (Fsp3) is 0.440. The average molecular weight is 484 g/mol. The SMILES string of the molecule is O=C(NCC1CCCN(Cc2ccccc2)C1)C1CCCN1C(=O)c1ccc(Br)cc1. The molecular formula is C25H30BrN3O2. The highest BCUT2D eigenvalue weighted by Gasteiger charge is 2.34. The van der Waals surface area contributed by atoms with Crippen molar-refractivity contribution in [2.75, 3.05) is 26.2 Å². The van der Waals surface area contributed by atoms with E-state index in [1.807, 2.05) is 30.3 Å². The van der Waals surface area contributed by atoms with Crippen LogP contribution in [-0.2, 0) is 11.3 Å². The van der Waals surface area contributed by atoms with Crippen molar-refractivity contribution in [1.29, 1.82) is 0 Å². The van der Waals surface area contributed by atoms with E-state index < -0.39 is 0 Å². The van der Waals surface area contributed by atoms with Gasteiger partial charge in [-0.05, 0) is 68.0 Å². The van der Waals surface area contributed by atoms with E-state index in [2.05, 4.69) is 50.4 Å². The molecule has 2 unspecified atom stereocenters. The largest absolute Gasteiger partial charge is 0.354 e. The maximum absolute atomic E-state index is 12.9. The maximum Gasteiger partial charge on any atom is 0.254 e. The number of nitrogens with zero attached hydrogens (tertiary/aromatic N) is 2. The van der Waals surface area contributed by atoms with Gasteiger partial charge in [0.15, 0.2) is 0 Å². The lowest BCUT2D eigenvalue weighted by Crippen LogP contribution is -2.48. The van der Waals surface area contributed by atoms with Crippen LogP contribution < -0.4 is 5.32 Å². The van der Waals surface area contributed by atoms with Gasteiger partial charge in [-0.15, -0.1) is 0 Å². The Morgan fingerprint density at radius 3 is 2.48 bits per heavy atom. The van der Waals surface area contributed by atoms with Crippen molar-refractivity contribution >= 4 is 27.7 Å². The zero-order valence-corrected chi connectivity index (χ0v) is 19.4. The Balaban J connectivity index is 1.29. The number of hydrogen-bond acceptors (Lipinski definition) is 3. The Labute approximate surface area is 192 Å². The minimum absolute atomic E-state index is 0.0110. The molecule has 2 amide bonds. The molecule has 1 N–H and O–H groups in total. The van der Waals surface area contributed by atoms with Crippen molar-refractivity contribution in [2.45, 2.75) is 38.3 Å². The molecule has 0 aliphatic carbocycles. The van der Waals surface area contributed by atoms with Crippen LogP contribution in [0.25, 0.3) is 0 Å². The zero-order chi connectivity index (χ0) is 21.6. The molecule has 2 fully saturated rings. The Bertz CT molecular complexity index is 887. The van der Waals surface area contributed by atoms with E-state index in [1.165, 1.54) is 5.56 Å². The minimum atomic E-state index is -0.361. The van der Waals surface area contributed by atoms with Crippen molar-refractivity contribution in [3.05, 3.63) is 70.2 Å². The number of nitrogens with one attached hydrogen (secondary N) is 1. The third kappa shape index (κ3) is 5.74. The molecule has 164 valence electrons. The predicted octanol–water partition coefficient (Wildman–Crippen LogP) is 4.08. The lowest BCUT2D eigenvalue weighted by molar-refractivity contribution is -0.125. The van der Waals surface area contributed by atoms with Crippen LogP contribution in [-0.4, -0.2) is 53.8 Å². The highest BCUT2D eigenvalue weighted by atomic mass is 79.9. The number of benzene rings is 2. The lowest BCUT2D eigenvalue weighted by atomic mass is 9.97. The molecule has 4 rings (SSSR count). The van der Waals surface area contributed by atoms with Crippen molar-refractivity contribution in [1.82, 2.24) is 15.1 Å². The maximum atomic E-state index is 12.9. The summed E-state index contributed by atoms with van der Waals surface area (Å²) in [6.45, 7) is 4.39. The molecule has 6 heteroatoms. The summed E-state index contributed by atoms with van der Waals surface area (Å²) in [4.78, 5) is 30.1. The summed E-state index contributed by atoms with van der Waals surface area (Å²) in [7, 11) is 0. The standard InChI is InChI=1S/C25H30BrN3O2/c26-22-12-10-21(11-13-22)25(31)29-15-5-9-23(29)24(30)27-16-20-8-4-14-28(18-20)17-19-6-2-1-3-7-19/h1-3,6-7,10-13,20,23H,4-5,8-9,14-18H2,(H,27,30). The predicted molar refractivity (Wildman–Crippen MR) is 126 cm³/mol. The van der Waals surface area contributed by atoms with Gasteiger partial charge in [-0.1, -0.05) is 46.3 Å². The van der Waals surface area contributed by atoms with Gasteiger partial charge in [-0.3, -0.25) is 14.5 Å². The molecule has 2 atom stereocenters. The summed E-state index contributed by atoms with van der Waals surface area (Å²) in [5, 5.41) is 3.16. The normalized spacial score (nSPS) is 21.8. The minimum Gasteiger partial charge on any atom is -0.354 e. The van der Waals surface area contributed by atoms with E-state index in [1.54, 1.807) is 4.90 Å². The van der Waals surface area contributed by atoms with Gasteiger partial charge < -0.3 is 10.2 Å². The van der Waals surface area contributed by atoms with E-state index in [0.717, 1.165) is 49.8 Å². The van der Waals surface area contributed by atoms with Gasteiger partial charge in [0.25, 0.3) is 5.91 Å². The Morgan fingerprint density at radius 2 is 1.71 bits per heavy atom. The van der Waals surface area contributed by atoms with Crippen LogP contribution in [0.2, 0.25) is 0 Å². The molecular weight excluding hydrogens is 454 g/mol. The summed E-state index contributed by atoms with van der Waals surface area (Å²) < 4.78 is 0.938. The molecule has 0 bridgehead atoms. The summed E-state index contributed by atoms with van der Waals surface area (Å²) >= 11 is 3.40. The topological polar surface area (TPSA) is 52.7 Å². The highest BCUT2D eigenvalue weighted by molar-refractivity contribution is 9.10. The van der Waals surface area contributed by atoms with Gasteiger partial charge in [0.2, 0.25) is 5.91 Å². The molecule has 5 nitrogen and oxygen atoms in total. The van der Waals surface area contributed by atoms with E-state index >= 15 is 0 Å². The quantitative estimate of drug-likeness (QED) is 0.673. The molecule has 2 heterocycles. The molecule has 31 heavy (non-hydrogen) atoms. The Hall–Kier alpha value is -2.18. The van der Waals surface area contributed by atoms with Gasteiger partial charge in [0, 0.05) is 36.2 Å². The number of rotatable bonds is 6. The first-order valence-electron chi connectivity index (χ1n) is 11.2. The zero-order valence-electron chi connectivity index (χ0n) is 17.8. The second-order valence-electron chi connectivity index (χ2n) is 8.64. The number of carbonyl (C=O) groups excluding carboxylic acids is 2. The Kier molecular flexibility index (Phi) is 7.41. The van der Waals surface area contributed by atoms with Crippen LogP contribution in [0.1, 0.15) is 41.6 Å². The van der Waals surface area contributed by atoms with E-state index in [0.29, 0.717) is 24.6 Å². The second kappa shape index (κ2) is 10.4. The van der Waals surface area contributed by atoms with Crippen LogP contribution in [0.3, 0.4) is 0 Å². The molecule has 2 saturated heterocycles. The van der Waals surface area contributed by atoms with E-state index in [9.17, 15) is 9.59 Å². The summed E-state index contributed by atoms with van der Waals surface area (Å²) in [5.74, 6) is 0.387. The van der Waals surface area contributed by atoms with Crippen LogP contribution in [0, 0.1) is 5.92 Å². The molecule has 0 saturated carbocycles. The van der Waals surface area contributed by atoms with Crippen LogP contribution in [0.5, 0.6) is 0 Å². The molecule has 2 aromatic carbocycles. The van der Waals surface area contributed by atoms with Crippen LogP contribution >= 0.6 is 15.9 Å². The molecule has 2 aliphatic rings. The third-order valence-corrected chi connectivity index (χ3v) is 6.85. The van der Waals surface area contributed by atoms with Crippen LogP contribution in [0.15, 0.2) is 59.1 Å². The fourth-order valence-corrected chi connectivity index (χ4v) is 4.97. The number of hydrogen-bond donors (Lipinski definition) is 1. The summed E-state index contributed by atoms with van der Waals surface area (Å²) in [6, 6.07) is 17.5. The summed E-state index contributed by atoms with van der Waals surface area (Å²) in [5.41, 5.74) is 1.96. The number of carbonyl (C=O) groups is 2. The van der Waals surface area contributed by atoms with Gasteiger partial charge in [-0.25, -0.2) is 0 Å². The smallest absolute Gasteiger partial charge is 0.254 e. The monoisotopic (exact) mass is 483 g/mol. The number of amides is 2. The molecule has 0 radical (unpaired) electrons. The molecule has 0 aromatic heterocycles. The van der Waals surface area contributed by atoms with Crippen molar-refractivity contribution in [3.8, 4) is 0 Å². The first-order chi connectivity index (χ1) is 15.1. The first kappa shape index (κ1) is 22.0. The highest BCUT2D eigenvalue weighted by Crippen LogP contribution is 2.22. The first-order valence-corrected chi connectivity index (χ1v) is 12.0. The van der Waals surface area contributed by atoms with Crippen molar-refractivity contribution < 1.29 is 9.59 Å². The fourth-order valence-electron chi connectivity index (χ4n) is 4.71. The molecule has 2 aromatic rings. The number of piperidine rings is 1.